The molecule has 0 aromatic heterocycles. The van der Waals surface area contributed by atoms with Crippen LogP contribution in [0.15, 0.2) is 5.28 Å². The highest BCUT2D eigenvalue weighted by molar-refractivity contribution is 4.42. The van der Waals surface area contributed by atoms with Gasteiger partial charge in [-0.3, -0.25) is 0 Å². The first-order chi connectivity index (χ1) is 5.26. The summed E-state index contributed by atoms with van der Waals surface area (Å²) in [6.07, 6.45) is 0.710. The summed E-state index contributed by atoms with van der Waals surface area (Å²) in [6, 6.07) is 0. The molecule has 6 nitrogen and oxygen atoms in total. The van der Waals surface area contributed by atoms with Gasteiger partial charge in [0.05, 0.1) is 18.1 Å². The Kier molecular flexibility index (Phi) is 5.18. The fourth-order valence-electron chi connectivity index (χ4n) is 0.695. The molecule has 0 amide bonds. The molecule has 0 saturated carbocycles. The van der Waals surface area contributed by atoms with E-state index in [1.807, 2.05) is 0 Å². The average molecular weight is 162 g/mol. The molecule has 0 unspecified atom stereocenters. The zero-order valence-electron chi connectivity index (χ0n) is 6.60. The van der Waals surface area contributed by atoms with Crippen LogP contribution < -0.4 is 5.73 Å². The first-order valence-corrected chi connectivity index (χ1v) is 3.53. The fraction of sp³-hybridized carbons (Fsp3) is 1.00. The first-order valence-electron chi connectivity index (χ1n) is 3.53. The normalized spacial score (nSPS) is 11.6. The highest BCUT2D eigenvalue weighted by atomic mass is 16.6. The molecule has 0 aliphatic carbocycles. The minimum atomic E-state index is 0.162. The molecule has 11 heavy (non-hydrogen) atoms. The van der Waals surface area contributed by atoms with Crippen molar-refractivity contribution < 1.29 is 10.2 Å². The van der Waals surface area contributed by atoms with Crippen LogP contribution in [0, 0.1) is 5.21 Å². The van der Waals surface area contributed by atoms with Crippen molar-refractivity contribution >= 4 is 0 Å². The minimum Gasteiger partial charge on any atom is -0.569 e. The van der Waals surface area contributed by atoms with E-state index in [1.165, 1.54) is 5.01 Å². The van der Waals surface area contributed by atoms with E-state index in [2.05, 4.69) is 5.28 Å². The van der Waals surface area contributed by atoms with Crippen LogP contribution in [0.1, 0.15) is 13.3 Å². The van der Waals surface area contributed by atoms with Gasteiger partial charge in [0.25, 0.3) is 0 Å². The van der Waals surface area contributed by atoms with Crippen LogP contribution in [0.4, 0.5) is 0 Å². The summed E-state index contributed by atoms with van der Waals surface area (Å²) in [4.78, 5) is 0.162. The lowest BCUT2D eigenvalue weighted by molar-refractivity contribution is -0.709. The third kappa shape index (κ3) is 3.61. The lowest BCUT2D eigenvalue weighted by Crippen LogP contribution is -2.32. The standard InChI is InChI=1S/C5H14N4O2/c1-2-8(5-3-4-6)9(11)7-10/h10H,2-6H2,1H3/b9-7-. The summed E-state index contributed by atoms with van der Waals surface area (Å²) in [5, 5.41) is 22.6. The second-order valence-corrected chi connectivity index (χ2v) is 2.03. The molecule has 0 radical (unpaired) electrons. The topological polar surface area (TPSA) is 87.9 Å². The fourth-order valence-corrected chi connectivity index (χ4v) is 0.695. The van der Waals surface area contributed by atoms with Crippen LogP contribution in [0.25, 0.3) is 0 Å². The van der Waals surface area contributed by atoms with Gasteiger partial charge < -0.3 is 16.1 Å². The highest BCUT2D eigenvalue weighted by Gasteiger charge is 2.07. The van der Waals surface area contributed by atoms with Gasteiger partial charge in [0.2, 0.25) is 5.28 Å². The molecule has 0 spiro atoms. The van der Waals surface area contributed by atoms with Crippen molar-refractivity contribution in [2.24, 2.45) is 11.0 Å². The van der Waals surface area contributed by atoms with Gasteiger partial charge in [-0.25, -0.2) is 0 Å². The third-order valence-electron chi connectivity index (χ3n) is 1.30. The van der Waals surface area contributed by atoms with Crippen LogP contribution in [-0.2, 0) is 0 Å². The van der Waals surface area contributed by atoms with Gasteiger partial charge in [-0.1, -0.05) is 0 Å². The first kappa shape index (κ1) is 9.96. The summed E-state index contributed by atoms with van der Waals surface area (Å²) in [6.45, 7) is 3.34. The molecule has 66 valence electrons. The summed E-state index contributed by atoms with van der Waals surface area (Å²) in [5.41, 5.74) is 5.23. The van der Waals surface area contributed by atoms with Gasteiger partial charge >= 0.3 is 0 Å². The molecule has 0 aliphatic heterocycles. The van der Waals surface area contributed by atoms with Crippen LogP contribution in [-0.4, -0.2) is 34.8 Å². The Morgan fingerprint density at radius 2 is 2.36 bits per heavy atom. The van der Waals surface area contributed by atoms with E-state index < -0.39 is 0 Å². The predicted molar refractivity (Wildman–Crippen MR) is 38.8 cm³/mol. The maximum absolute atomic E-state index is 10.6. The Hall–Kier alpha value is -1.04. The van der Waals surface area contributed by atoms with Gasteiger partial charge in [0, 0.05) is 0 Å². The summed E-state index contributed by atoms with van der Waals surface area (Å²) < 4.78 is 0. The summed E-state index contributed by atoms with van der Waals surface area (Å²) in [5.74, 6) is 0. The zero-order chi connectivity index (χ0) is 8.69. The molecule has 0 bridgehead atoms. The van der Waals surface area contributed by atoms with E-state index in [9.17, 15) is 5.21 Å². The predicted octanol–water partition coefficient (Wildman–Crippen LogP) is -0.0762. The van der Waals surface area contributed by atoms with E-state index in [0.29, 0.717) is 26.1 Å². The van der Waals surface area contributed by atoms with E-state index in [4.69, 9.17) is 10.9 Å². The molecule has 0 atom stereocenters. The number of nitrogens with two attached hydrogens (primary N) is 1. The van der Waals surface area contributed by atoms with Crippen LogP contribution in [0.5, 0.6) is 0 Å². The number of hydrogen-bond acceptors (Lipinski definition) is 3. The molecule has 0 rings (SSSR count). The van der Waals surface area contributed by atoms with Crippen molar-refractivity contribution in [3.05, 3.63) is 5.21 Å². The van der Waals surface area contributed by atoms with Gasteiger partial charge in [0.15, 0.2) is 0 Å². The quantitative estimate of drug-likeness (QED) is 0.336. The summed E-state index contributed by atoms with van der Waals surface area (Å²) in [7, 11) is 0. The number of rotatable bonds is 5. The molecule has 3 N–H and O–H groups in total. The molecule has 0 aliphatic rings. The van der Waals surface area contributed by atoms with Crippen molar-refractivity contribution in [3.63, 3.8) is 0 Å². The SMILES string of the molecule is CCN(CCCN)/[N+]([O-])=N/O. The molecule has 0 aromatic carbocycles. The Morgan fingerprint density at radius 1 is 1.73 bits per heavy atom. The van der Waals surface area contributed by atoms with Crippen molar-refractivity contribution in [1.29, 1.82) is 0 Å². The molecule has 0 aromatic rings. The molecular formula is C5H14N4O2. The van der Waals surface area contributed by atoms with Crippen molar-refractivity contribution in [1.82, 2.24) is 5.01 Å². The molecule has 0 saturated heterocycles. The van der Waals surface area contributed by atoms with Gasteiger partial charge in [-0.2, -0.15) is 0 Å². The average Bonchev–Trinajstić information content (AvgIpc) is 2.05. The largest absolute Gasteiger partial charge is 0.569 e. The highest BCUT2D eigenvalue weighted by Crippen LogP contribution is 1.90. The molecule has 0 fully saturated rings. The monoisotopic (exact) mass is 162 g/mol. The second-order valence-electron chi connectivity index (χ2n) is 2.03. The van der Waals surface area contributed by atoms with E-state index in [0.717, 1.165) is 0 Å². The maximum Gasteiger partial charge on any atom is 0.230 e. The van der Waals surface area contributed by atoms with Crippen molar-refractivity contribution in [2.45, 2.75) is 13.3 Å². The van der Waals surface area contributed by atoms with Gasteiger partial charge in [0.1, 0.15) is 0 Å². The van der Waals surface area contributed by atoms with E-state index in [1.54, 1.807) is 6.92 Å². The minimum absolute atomic E-state index is 0.162. The zero-order valence-corrected chi connectivity index (χ0v) is 6.60. The van der Waals surface area contributed by atoms with Gasteiger partial charge in [-0.15, -0.1) is 5.01 Å². The van der Waals surface area contributed by atoms with Crippen molar-refractivity contribution in [3.8, 4) is 0 Å². The van der Waals surface area contributed by atoms with Crippen molar-refractivity contribution in [2.75, 3.05) is 19.6 Å². The second kappa shape index (κ2) is 5.72. The Morgan fingerprint density at radius 3 is 2.73 bits per heavy atom. The number of hydrazine groups is 1. The van der Waals surface area contributed by atoms with Crippen LogP contribution >= 0.6 is 0 Å². The van der Waals surface area contributed by atoms with Crippen LogP contribution in [0.2, 0.25) is 0 Å². The third-order valence-corrected chi connectivity index (χ3v) is 1.30. The number of hydrogen-bond donors (Lipinski definition) is 2. The molecule has 0 heterocycles. The Bertz CT molecular complexity index is 128. The van der Waals surface area contributed by atoms with Crippen LogP contribution in [0.3, 0.4) is 0 Å². The van der Waals surface area contributed by atoms with Gasteiger partial charge in [-0.05, 0) is 19.9 Å². The lowest BCUT2D eigenvalue weighted by Gasteiger charge is -2.14. The Labute approximate surface area is 65.4 Å². The number of nitrogens with zero attached hydrogens (tertiary/aromatic N) is 3. The maximum atomic E-state index is 10.6. The molecule has 6 heteroatoms. The summed E-state index contributed by atoms with van der Waals surface area (Å²) >= 11 is 0. The Balaban J connectivity index is 3.75. The smallest absolute Gasteiger partial charge is 0.230 e. The van der Waals surface area contributed by atoms with E-state index >= 15 is 0 Å². The van der Waals surface area contributed by atoms with E-state index in [-0.39, 0.29) is 4.97 Å². The lowest BCUT2D eigenvalue weighted by atomic mass is 10.4. The molecular weight excluding hydrogens is 148 g/mol.